The average Bonchev–Trinajstić information content (AvgIpc) is 2.14. The molecule has 0 aromatic rings. The number of rotatable bonds is 2. The van der Waals surface area contributed by atoms with E-state index in [2.05, 4.69) is 19.2 Å². The minimum absolute atomic E-state index is 0.250. The summed E-state index contributed by atoms with van der Waals surface area (Å²) >= 11 is 0. The topological polar surface area (TPSA) is 32.3 Å². The lowest BCUT2D eigenvalue weighted by molar-refractivity contribution is -0.138. The van der Waals surface area contributed by atoms with Crippen molar-refractivity contribution in [3.8, 4) is 0 Å². The van der Waals surface area contributed by atoms with Gasteiger partial charge in [-0.3, -0.25) is 4.79 Å². The highest BCUT2D eigenvalue weighted by molar-refractivity contribution is 5.80. The van der Waals surface area contributed by atoms with Gasteiger partial charge in [-0.1, -0.05) is 13.8 Å². The fourth-order valence-electron chi connectivity index (χ4n) is 2.70. The molecule has 3 heteroatoms. The van der Waals surface area contributed by atoms with E-state index in [1.54, 1.807) is 0 Å². The van der Waals surface area contributed by atoms with E-state index in [9.17, 15) is 4.79 Å². The molecule has 2 aliphatic rings. The molecule has 3 nitrogen and oxygen atoms in total. The molecule has 2 rings (SSSR count). The summed E-state index contributed by atoms with van der Waals surface area (Å²) in [4.78, 5) is 14.1. The van der Waals surface area contributed by atoms with Crippen molar-refractivity contribution in [1.82, 2.24) is 10.2 Å². The third kappa shape index (κ3) is 2.40. The maximum absolute atomic E-state index is 12.1. The first kappa shape index (κ1) is 11.9. The summed E-state index contributed by atoms with van der Waals surface area (Å²) in [7, 11) is 1.99. The predicted octanol–water partition coefficient (Wildman–Crippen LogP) is 1.63. The largest absolute Gasteiger partial charge is 0.342 e. The smallest absolute Gasteiger partial charge is 0.228 e. The van der Waals surface area contributed by atoms with Crippen LogP contribution in [0.15, 0.2) is 0 Å². The molecule has 1 N–H and O–H groups in total. The van der Waals surface area contributed by atoms with Crippen molar-refractivity contribution in [2.75, 3.05) is 20.1 Å². The van der Waals surface area contributed by atoms with Gasteiger partial charge in [-0.25, -0.2) is 0 Å². The summed E-state index contributed by atoms with van der Waals surface area (Å²) in [6.45, 7) is 6.42. The third-order valence-corrected chi connectivity index (χ3v) is 4.33. The van der Waals surface area contributed by atoms with E-state index in [0.717, 1.165) is 13.1 Å². The Morgan fingerprint density at radius 2 is 1.81 bits per heavy atom. The second-order valence-electron chi connectivity index (χ2n) is 6.20. The highest BCUT2D eigenvalue weighted by Crippen LogP contribution is 2.36. The summed E-state index contributed by atoms with van der Waals surface area (Å²) in [6, 6.07) is 0.487. The number of nitrogens with one attached hydrogen (secondary N) is 1. The van der Waals surface area contributed by atoms with Crippen molar-refractivity contribution in [2.45, 2.75) is 45.6 Å². The number of hydrogen-bond donors (Lipinski definition) is 1. The zero-order valence-electron chi connectivity index (χ0n) is 10.8. The Balaban J connectivity index is 1.85. The summed E-state index contributed by atoms with van der Waals surface area (Å²) in [6.07, 6.45) is 4.85. The van der Waals surface area contributed by atoms with Crippen LogP contribution in [-0.2, 0) is 4.79 Å². The van der Waals surface area contributed by atoms with Crippen LogP contribution in [-0.4, -0.2) is 37.0 Å². The number of carbonyl (C=O) groups excluding carboxylic acids is 1. The molecule has 0 spiro atoms. The summed E-state index contributed by atoms with van der Waals surface area (Å²) in [5.41, 5.74) is 0.485. The van der Waals surface area contributed by atoms with Gasteiger partial charge in [0.25, 0.3) is 0 Å². The van der Waals surface area contributed by atoms with E-state index in [1.807, 2.05) is 11.9 Å². The van der Waals surface area contributed by atoms with Crippen LogP contribution in [0, 0.1) is 11.3 Å². The van der Waals surface area contributed by atoms with Crippen molar-refractivity contribution in [1.29, 1.82) is 0 Å². The van der Waals surface area contributed by atoms with Gasteiger partial charge in [0.1, 0.15) is 0 Å². The Labute approximate surface area is 98.6 Å². The Morgan fingerprint density at radius 1 is 1.25 bits per heavy atom. The van der Waals surface area contributed by atoms with Crippen LogP contribution in [0.1, 0.15) is 39.5 Å². The van der Waals surface area contributed by atoms with Crippen molar-refractivity contribution >= 4 is 5.91 Å². The molecule has 16 heavy (non-hydrogen) atoms. The SMILES string of the molecule is CN(C(=O)C1CNC1)C1CCC(C)(C)CC1. The molecule has 1 saturated carbocycles. The average molecular weight is 224 g/mol. The van der Waals surface area contributed by atoms with Crippen LogP contribution in [0.25, 0.3) is 0 Å². The van der Waals surface area contributed by atoms with Gasteiger partial charge in [0.05, 0.1) is 5.92 Å². The molecule has 0 atom stereocenters. The van der Waals surface area contributed by atoms with Gasteiger partial charge in [0.2, 0.25) is 5.91 Å². The van der Waals surface area contributed by atoms with E-state index < -0.39 is 0 Å². The van der Waals surface area contributed by atoms with Gasteiger partial charge in [-0.2, -0.15) is 0 Å². The van der Waals surface area contributed by atoms with E-state index in [4.69, 9.17) is 0 Å². The lowest BCUT2D eigenvalue weighted by Gasteiger charge is -2.40. The van der Waals surface area contributed by atoms with Crippen LogP contribution >= 0.6 is 0 Å². The molecular formula is C13H24N2O. The van der Waals surface area contributed by atoms with Gasteiger partial charge >= 0.3 is 0 Å². The van der Waals surface area contributed by atoms with Crippen LogP contribution in [0.3, 0.4) is 0 Å². The van der Waals surface area contributed by atoms with Crippen molar-refractivity contribution < 1.29 is 4.79 Å². The molecule has 1 aliphatic heterocycles. The van der Waals surface area contributed by atoms with Crippen molar-refractivity contribution in [3.63, 3.8) is 0 Å². The molecule has 1 heterocycles. The number of nitrogens with zero attached hydrogens (tertiary/aromatic N) is 1. The van der Waals surface area contributed by atoms with Gasteiger partial charge in [-0.15, -0.1) is 0 Å². The lowest BCUT2D eigenvalue weighted by Crippen LogP contribution is -2.53. The van der Waals surface area contributed by atoms with Crippen molar-refractivity contribution in [3.05, 3.63) is 0 Å². The molecule has 1 saturated heterocycles. The number of carbonyl (C=O) groups is 1. The highest BCUT2D eigenvalue weighted by Gasteiger charge is 2.34. The molecular weight excluding hydrogens is 200 g/mol. The lowest BCUT2D eigenvalue weighted by atomic mass is 9.75. The second-order valence-corrected chi connectivity index (χ2v) is 6.20. The standard InChI is InChI=1S/C13H24N2O/c1-13(2)6-4-11(5-7-13)15(3)12(16)10-8-14-9-10/h10-11,14H,4-9H2,1-3H3. The van der Waals surface area contributed by atoms with Gasteiger partial charge in [0, 0.05) is 26.2 Å². The molecule has 0 bridgehead atoms. The Hall–Kier alpha value is -0.570. The van der Waals surface area contributed by atoms with E-state index >= 15 is 0 Å². The normalized spacial score (nSPS) is 26.2. The summed E-state index contributed by atoms with van der Waals surface area (Å²) in [5, 5.41) is 3.17. The maximum atomic E-state index is 12.1. The first-order chi connectivity index (χ1) is 7.49. The van der Waals surface area contributed by atoms with Crippen molar-refractivity contribution in [2.24, 2.45) is 11.3 Å². The quantitative estimate of drug-likeness (QED) is 0.773. The predicted molar refractivity (Wildman–Crippen MR) is 65.2 cm³/mol. The minimum atomic E-state index is 0.250. The maximum Gasteiger partial charge on any atom is 0.228 e. The highest BCUT2D eigenvalue weighted by atomic mass is 16.2. The van der Waals surface area contributed by atoms with E-state index in [0.29, 0.717) is 17.4 Å². The zero-order chi connectivity index (χ0) is 11.8. The second kappa shape index (κ2) is 4.36. The van der Waals surface area contributed by atoms with Crippen LogP contribution in [0.4, 0.5) is 0 Å². The van der Waals surface area contributed by atoms with Crippen LogP contribution in [0.2, 0.25) is 0 Å². The van der Waals surface area contributed by atoms with Crippen LogP contribution < -0.4 is 5.32 Å². The Bertz CT molecular complexity index is 261. The van der Waals surface area contributed by atoms with Gasteiger partial charge in [0.15, 0.2) is 0 Å². The molecule has 1 aliphatic carbocycles. The van der Waals surface area contributed by atoms with E-state index in [1.165, 1.54) is 25.7 Å². The Kier molecular flexibility index (Phi) is 3.24. The number of amides is 1. The Morgan fingerprint density at radius 3 is 2.25 bits per heavy atom. The summed E-state index contributed by atoms with van der Waals surface area (Å²) < 4.78 is 0. The summed E-state index contributed by atoms with van der Waals surface area (Å²) in [5.74, 6) is 0.600. The fourth-order valence-corrected chi connectivity index (χ4v) is 2.70. The minimum Gasteiger partial charge on any atom is -0.342 e. The van der Waals surface area contributed by atoms with Gasteiger partial charge in [-0.05, 0) is 31.1 Å². The molecule has 0 aromatic heterocycles. The third-order valence-electron chi connectivity index (χ3n) is 4.33. The molecule has 0 aromatic carbocycles. The molecule has 2 fully saturated rings. The first-order valence-corrected chi connectivity index (χ1v) is 6.47. The molecule has 0 radical (unpaired) electrons. The van der Waals surface area contributed by atoms with E-state index in [-0.39, 0.29) is 5.92 Å². The van der Waals surface area contributed by atoms with Crippen LogP contribution in [0.5, 0.6) is 0 Å². The molecule has 92 valence electrons. The number of hydrogen-bond acceptors (Lipinski definition) is 2. The first-order valence-electron chi connectivity index (χ1n) is 6.47. The molecule has 1 amide bonds. The monoisotopic (exact) mass is 224 g/mol. The fraction of sp³-hybridized carbons (Fsp3) is 0.923. The molecule has 0 unspecified atom stereocenters. The van der Waals surface area contributed by atoms with Gasteiger partial charge < -0.3 is 10.2 Å². The zero-order valence-corrected chi connectivity index (χ0v) is 10.8.